The van der Waals surface area contributed by atoms with Crippen molar-refractivity contribution < 1.29 is 4.79 Å². The van der Waals surface area contributed by atoms with E-state index in [4.69, 9.17) is 17.3 Å². The molecule has 0 radical (unpaired) electrons. The molecule has 3 nitrogen and oxygen atoms in total. The van der Waals surface area contributed by atoms with Gasteiger partial charge in [-0.25, -0.2) is 0 Å². The topological polar surface area (TPSA) is 46.3 Å². The molecule has 100 valence electrons. The summed E-state index contributed by atoms with van der Waals surface area (Å²) in [4.78, 5) is 14.9. The molecule has 1 spiro atoms. The van der Waals surface area contributed by atoms with Crippen LogP contribution in [0.3, 0.4) is 0 Å². The molecule has 2 saturated carbocycles. The molecule has 2 fully saturated rings. The summed E-state index contributed by atoms with van der Waals surface area (Å²) in [6.07, 6.45) is 3.83. The highest BCUT2D eigenvalue weighted by Gasteiger charge is 2.56. The van der Waals surface area contributed by atoms with Crippen molar-refractivity contribution in [1.82, 2.24) is 4.90 Å². The number of hydrogen-bond donors (Lipinski definition) is 1. The number of carbonyl (C=O) groups excluding carboxylic acids is 1. The second-order valence-electron chi connectivity index (χ2n) is 6.22. The van der Waals surface area contributed by atoms with Crippen LogP contribution in [0.15, 0.2) is 18.2 Å². The minimum absolute atomic E-state index is 0.148. The largest absolute Gasteiger partial charge is 0.335 e. The average molecular weight is 277 g/mol. The highest BCUT2D eigenvalue weighted by atomic mass is 35.5. The Morgan fingerprint density at radius 3 is 2.68 bits per heavy atom. The van der Waals surface area contributed by atoms with Gasteiger partial charge in [0.2, 0.25) is 5.91 Å². The highest BCUT2D eigenvalue weighted by Crippen LogP contribution is 2.50. The molecular weight excluding hydrogens is 260 g/mol. The summed E-state index contributed by atoms with van der Waals surface area (Å²) in [5, 5.41) is 0.714. The third-order valence-corrected chi connectivity index (χ3v) is 5.04. The molecule has 1 aliphatic heterocycles. The molecule has 2 N–H and O–H groups in total. The summed E-state index contributed by atoms with van der Waals surface area (Å²) >= 11 is 6.12. The van der Waals surface area contributed by atoms with Crippen LogP contribution in [-0.4, -0.2) is 22.9 Å². The molecule has 1 aromatic carbocycles. The molecular formula is C15H17ClN2O. The number of benzene rings is 1. The van der Waals surface area contributed by atoms with Crippen LogP contribution in [-0.2, 0) is 16.8 Å². The first-order chi connectivity index (χ1) is 9.10. The smallest absolute Gasteiger partial charge is 0.233 e. The first-order valence-electron chi connectivity index (χ1n) is 6.96. The number of fused-ring (bicyclic) bond motifs is 2. The predicted molar refractivity (Wildman–Crippen MR) is 73.9 cm³/mol. The molecule has 1 aromatic rings. The van der Waals surface area contributed by atoms with Crippen molar-refractivity contribution in [3.05, 3.63) is 34.3 Å². The zero-order valence-corrected chi connectivity index (χ0v) is 11.5. The van der Waals surface area contributed by atoms with Crippen LogP contribution in [0.25, 0.3) is 0 Å². The quantitative estimate of drug-likeness (QED) is 0.855. The van der Waals surface area contributed by atoms with Crippen molar-refractivity contribution >= 4 is 17.5 Å². The van der Waals surface area contributed by atoms with E-state index < -0.39 is 0 Å². The molecule has 0 bridgehead atoms. The first-order valence-corrected chi connectivity index (χ1v) is 7.33. The second-order valence-corrected chi connectivity index (χ2v) is 6.65. The van der Waals surface area contributed by atoms with Gasteiger partial charge in [0.1, 0.15) is 0 Å². The van der Waals surface area contributed by atoms with E-state index in [0.717, 1.165) is 37.8 Å². The fourth-order valence-corrected chi connectivity index (χ4v) is 3.86. The Balaban J connectivity index is 1.83. The minimum atomic E-state index is -0.375. The fourth-order valence-electron chi connectivity index (χ4n) is 3.69. The van der Waals surface area contributed by atoms with Crippen LogP contribution < -0.4 is 5.73 Å². The van der Waals surface area contributed by atoms with Gasteiger partial charge in [-0.15, -0.1) is 0 Å². The Kier molecular flexibility index (Phi) is 2.31. The molecule has 2 aliphatic carbocycles. The normalized spacial score (nSPS) is 33.3. The number of amides is 1. The fraction of sp³-hybridized carbons (Fsp3) is 0.533. The van der Waals surface area contributed by atoms with Crippen molar-refractivity contribution in [3.8, 4) is 0 Å². The van der Waals surface area contributed by atoms with Gasteiger partial charge in [0.15, 0.2) is 0 Å². The van der Waals surface area contributed by atoms with Gasteiger partial charge < -0.3 is 10.6 Å². The van der Waals surface area contributed by atoms with Crippen LogP contribution >= 0.6 is 11.6 Å². The van der Waals surface area contributed by atoms with Crippen molar-refractivity contribution in [3.63, 3.8) is 0 Å². The zero-order chi connectivity index (χ0) is 13.2. The van der Waals surface area contributed by atoms with Crippen LogP contribution in [0.2, 0.25) is 5.02 Å². The van der Waals surface area contributed by atoms with Crippen LogP contribution in [0, 0.1) is 0 Å². The van der Waals surface area contributed by atoms with Gasteiger partial charge in [0.25, 0.3) is 0 Å². The van der Waals surface area contributed by atoms with E-state index in [0.29, 0.717) is 11.1 Å². The van der Waals surface area contributed by atoms with Crippen LogP contribution in [0.4, 0.5) is 0 Å². The zero-order valence-electron chi connectivity index (χ0n) is 10.7. The summed E-state index contributed by atoms with van der Waals surface area (Å²) < 4.78 is 0. The Morgan fingerprint density at radius 1 is 1.32 bits per heavy atom. The molecule has 0 saturated heterocycles. The Morgan fingerprint density at radius 2 is 2.05 bits per heavy atom. The lowest BCUT2D eigenvalue weighted by Crippen LogP contribution is -2.61. The van der Waals surface area contributed by atoms with E-state index in [-0.39, 0.29) is 17.4 Å². The SMILES string of the molecule is NC1CC2(C1)C(=O)N(C1CC1)Cc1ccc(Cl)cc12. The van der Waals surface area contributed by atoms with Gasteiger partial charge in [-0.05, 0) is 48.9 Å². The molecule has 19 heavy (non-hydrogen) atoms. The molecule has 0 unspecified atom stereocenters. The number of hydrogen-bond acceptors (Lipinski definition) is 2. The summed E-state index contributed by atoms with van der Waals surface area (Å²) in [7, 11) is 0. The van der Waals surface area contributed by atoms with Gasteiger partial charge in [-0.1, -0.05) is 17.7 Å². The maximum absolute atomic E-state index is 12.9. The van der Waals surface area contributed by atoms with Crippen molar-refractivity contribution in [1.29, 1.82) is 0 Å². The number of rotatable bonds is 1. The third-order valence-electron chi connectivity index (χ3n) is 4.81. The van der Waals surface area contributed by atoms with Crippen molar-refractivity contribution in [2.24, 2.45) is 5.73 Å². The maximum Gasteiger partial charge on any atom is 0.233 e. The lowest BCUT2D eigenvalue weighted by Gasteiger charge is -2.51. The average Bonchev–Trinajstić information content (AvgIpc) is 3.15. The van der Waals surface area contributed by atoms with Gasteiger partial charge in [-0.2, -0.15) is 0 Å². The maximum atomic E-state index is 12.9. The minimum Gasteiger partial charge on any atom is -0.335 e. The molecule has 4 heteroatoms. The summed E-state index contributed by atoms with van der Waals surface area (Å²) in [5.41, 5.74) is 7.98. The molecule has 0 atom stereocenters. The molecule has 1 heterocycles. The second kappa shape index (κ2) is 3.74. The van der Waals surface area contributed by atoms with Gasteiger partial charge in [-0.3, -0.25) is 4.79 Å². The van der Waals surface area contributed by atoms with E-state index >= 15 is 0 Å². The summed E-state index contributed by atoms with van der Waals surface area (Å²) in [5.74, 6) is 0.284. The highest BCUT2D eigenvalue weighted by molar-refractivity contribution is 6.30. The Labute approximate surface area is 117 Å². The third kappa shape index (κ3) is 1.58. The van der Waals surface area contributed by atoms with Gasteiger partial charge >= 0.3 is 0 Å². The Hall–Kier alpha value is -1.06. The number of halogens is 1. The lowest BCUT2D eigenvalue weighted by molar-refractivity contribution is -0.144. The van der Waals surface area contributed by atoms with Crippen molar-refractivity contribution in [2.75, 3.05) is 0 Å². The monoisotopic (exact) mass is 276 g/mol. The van der Waals surface area contributed by atoms with E-state index in [1.54, 1.807) is 0 Å². The number of carbonyl (C=O) groups is 1. The molecule has 1 amide bonds. The standard InChI is InChI=1S/C15H17ClN2O/c16-10-2-1-9-8-18(12-3-4-12)14(19)15(13(9)5-10)6-11(17)7-15/h1-2,5,11-12H,3-4,6-8,17H2. The van der Waals surface area contributed by atoms with E-state index in [1.807, 2.05) is 12.1 Å². The first kappa shape index (κ1) is 11.7. The van der Waals surface area contributed by atoms with Crippen LogP contribution in [0.5, 0.6) is 0 Å². The van der Waals surface area contributed by atoms with Gasteiger partial charge in [0.05, 0.1) is 5.41 Å². The van der Waals surface area contributed by atoms with E-state index in [1.165, 1.54) is 5.56 Å². The van der Waals surface area contributed by atoms with Crippen LogP contribution in [0.1, 0.15) is 36.8 Å². The summed E-state index contributed by atoms with van der Waals surface area (Å²) in [6.45, 7) is 0.743. The summed E-state index contributed by atoms with van der Waals surface area (Å²) in [6, 6.07) is 6.59. The van der Waals surface area contributed by atoms with Crippen molar-refractivity contribution in [2.45, 2.75) is 49.7 Å². The molecule has 4 rings (SSSR count). The number of nitrogens with zero attached hydrogens (tertiary/aromatic N) is 1. The van der Waals surface area contributed by atoms with E-state index in [9.17, 15) is 4.79 Å². The predicted octanol–water partition coefficient (Wildman–Crippen LogP) is 2.20. The van der Waals surface area contributed by atoms with Gasteiger partial charge in [0, 0.05) is 23.7 Å². The molecule has 3 aliphatic rings. The number of nitrogens with two attached hydrogens (primary N) is 1. The van der Waals surface area contributed by atoms with E-state index in [2.05, 4.69) is 11.0 Å². The lowest BCUT2D eigenvalue weighted by atomic mass is 9.58. The molecule has 0 aromatic heterocycles. The Bertz CT molecular complexity index is 561.